The molecule has 0 fully saturated rings. The number of hydrogen-bond acceptors (Lipinski definition) is 5. The van der Waals surface area contributed by atoms with Gasteiger partial charge in [0, 0.05) is 10.1 Å². The van der Waals surface area contributed by atoms with Crippen LogP contribution in [0, 0.1) is 0 Å². The number of carbonyl (C=O) groups excluding carboxylic acids is 1. The highest BCUT2D eigenvalue weighted by Gasteiger charge is 2.78. The lowest BCUT2D eigenvalue weighted by molar-refractivity contribution is -0.594. The normalized spacial score (nSPS) is 15.7. The Labute approximate surface area is 154 Å². The molecule has 0 atom stereocenters. The fourth-order valence-electron chi connectivity index (χ4n) is 1.27. The van der Waals surface area contributed by atoms with Crippen LogP contribution in [0.4, 0.5) is 79.0 Å². The molecule has 0 aromatic rings. The lowest BCUT2D eigenvalue weighted by atomic mass is 10.1. The molecule has 0 aliphatic heterocycles. The van der Waals surface area contributed by atoms with E-state index in [0.717, 1.165) is 0 Å². The van der Waals surface area contributed by atoms with Gasteiger partial charge in [0.2, 0.25) is 0 Å². The van der Waals surface area contributed by atoms with E-state index in [1.54, 1.807) is 9.68 Å². The summed E-state index contributed by atoms with van der Waals surface area (Å²) < 4.78 is 224. The van der Waals surface area contributed by atoms with Crippen molar-refractivity contribution < 1.29 is 93.5 Å². The topological polar surface area (TPSA) is 42.0 Å². The van der Waals surface area contributed by atoms with Crippen molar-refractivity contribution in [2.24, 2.45) is 0 Å². The number of alkyl halides is 18. The average molecular weight is 514 g/mol. The molecule has 0 bridgehead atoms. The molecule has 23 heteroatoms. The van der Waals surface area contributed by atoms with Gasteiger partial charge in [0.15, 0.2) is 0 Å². The molecule has 186 valence electrons. The number of rotatable bonds is 5. The third-order valence-electron chi connectivity index (χ3n) is 2.29. The van der Waals surface area contributed by atoms with Gasteiger partial charge in [-0.1, -0.05) is 0 Å². The fraction of sp³-hybridized carbons (Fsp3) is 0.875. The van der Waals surface area contributed by atoms with Crippen molar-refractivity contribution in [2.45, 2.75) is 43.3 Å². The van der Waals surface area contributed by atoms with E-state index >= 15 is 0 Å². The molecule has 0 rings (SSSR count). The molecule has 0 saturated carbocycles. The second-order valence-electron chi connectivity index (χ2n) is 4.58. The summed E-state index contributed by atoms with van der Waals surface area (Å²) in [4.78, 5) is 14.4. The lowest BCUT2D eigenvalue weighted by Crippen LogP contribution is -2.69. The van der Waals surface area contributed by atoms with E-state index in [4.69, 9.17) is 0 Å². The van der Waals surface area contributed by atoms with Crippen molar-refractivity contribution in [1.82, 2.24) is 10.1 Å². The van der Waals surface area contributed by atoms with E-state index in [9.17, 15) is 83.8 Å². The zero-order valence-corrected chi connectivity index (χ0v) is 12.9. The first-order chi connectivity index (χ1) is 13.1. The molecule has 0 aliphatic carbocycles. The minimum atomic E-state index is -7.87. The molecule has 0 saturated heterocycles. The molecule has 0 heterocycles. The van der Waals surface area contributed by atoms with Crippen LogP contribution in [0.2, 0.25) is 0 Å². The van der Waals surface area contributed by atoms with Crippen LogP contribution < -0.4 is 0 Å². The Bertz CT molecular complexity index is 573. The van der Waals surface area contributed by atoms with Gasteiger partial charge in [-0.3, -0.25) is 4.79 Å². The molecule has 0 amide bonds. The first-order valence-corrected chi connectivity index (χ1v) is 6.02. The number of nitrogens with zero attached hydrogens (tertiary/aromatic N) is 2. The lowest BCUT2D eigenvalue weighted by Gasteiger charge is -2.40. The molecule has 0 aromatic carbocycles. The van der Waals surface area contributed by atoms with Gasteiger partial charge >= 0.3 is 49.1 Å². The average Bonchev–Trinajstić information content (AvgIpc) is 2.38. The van der Waals surface area contributed by atoms with Crippen molar-refractivity contribution >= 4 is 5.78 Å². The van der Waals surface area contributed by atoms with E-state index in [0.29, 0.717) is 0 Å². The standard InChI is InChI=1S/C8F18N2O3/c9-3(10,11)1(29)2(4(12,13)14,30-27(5(15,16)17)6(18,19)20)31-28(7(21,22)23)8(24,25)26. The Morgan fingerprint density at radius 3 is 0.839 bits per heavy atom. The van der Waals surface area contributed by atoms with Crippen LogP contribution in [-0.4, -0.2) is 59.3 Å². The summed E-state index contributed by atoms with van der Waals surface area (Å²) in [6, 6.07) is 0. The summed E-state index contributed by atoms with van der Waals surface area (Å²) in [5.74, 6) is -12.7. The smallest absolute Gasteiger partial charge is 0.283 e. The number of Topliss-reactive ketones (excluding diaryl/α,β-unsaturated/α-hetero) is 1. The highest BCUT2D eigenvalue weighted by Crippen LogP contribution is 2.48. The summed E-state index contributed by atoms with van der Waals surface area (Å²) in [7, 11) is 0. The Morgan fingerprint density at radius 2 is 0.710 bits per heavy atom. The summed E-state index contributed by atoms with van der Waals surface area (Å²) in [6.45, 7) is 0. The van der Waals surface area contributed by atoms with Crippen LogP contribution in [0.1, 0.15) is 0 Å². The molecule has 0 radical (unpaired) electrons. The predicted octanol–water partition coefficient (Wildman–Crippen LogP) is 4.92. The van der Waals surface area contributed by atoms with Gasteiger partial charge in [-0.05, 0) is 0 Å². The second kappa shape index (κ2) is 7.99. The van der Waals surface area contributed by atoms with E-state index in [2.05, 4.69) is 0 Å². The zero-order chi connectivity index (χ0) is 25.6. The van der Waals surface area contributed by atoms with Gasteiger partial charge < -0.3 is 0 Å². The highest BCUT2D eigenvalue weighted by atomic mass is 19.4. The highest BCUT2D eigenvalue weighted by molar-refractivity contribution is 5.91. The minimum Gasteiger partial charge on any atom is -0.283 e. The molecule has 0 N–H and O–H groups in total. The SMILES string of the molecule is O=C(C(F)(F)F)C(ON(C(F)(F)F)C(F)(F)F)(ON(C(F)(F)F)C(F)(F)F)C(F)(F)F. The van der Waals surface area contributed by atoms with Crippen LogP contribution in [0.25, 0.3) is 0 Å². The van der Waals surface area contributed by atoms with E-state index in [1.165, 1.54) is 0 Å². The Balaban J connectivity index is 7.17. The van der Waals surface area contributed by atoms with Gasteiger partial charge in [-0.2, -0.15) is 79.0 Å². The van der Waals surface area contributed by atoms with E-state index in [1.807, 2.05) is 0 Å². The van der Waals surface area contributed by atoms with Crippen LogP contribution in [0.3, 0.4) is 0 Å². The molecular weight excluding hydrogens is 514 g/mol. The van der Waals surface area contributed by atoms with Crippen LogP contribution >= 0.6 is 0 Å². The van der Waals surface area contributed by atoms with Gasteiger partial charge in [-0.15, -0.1) is 0 Å². The maximum absolute atomic E-state index is 12.9. The van der Waals surface area contributed by atoms with Gasteiger partial charge in [0.1, 0.15) is 0 Å². The van der Waals surface area contributed by atoms with Crippen molar-refractivity contribution in [3.05, 3.63) is 0 Å². The number of carbonyl (C=O) groups is 1. The Hall–Kier alpha value is -1.75. The number of hydrogen-bond donors (Lipinski definition) is 0. The van der Waals surface area contributed by atoms with Crippen LogP contribution in [0.15, 0.2) is 0 Å². The fourth-order valence-corrected chi connectivity index (χ4v) is 1.27. The second-order valence-corrected chi connectivity index (χ2v) is 4.58. The van der Waals surface area contributed by atoms with Gasteiger partial charge in [0.05, 0.1) is 0 Å². The zero-order valence-electron chi connectivity index (χ0n) is 12.9. The maximum Gasteiger partial charge on any atom is 0.490 e. The van der Waals surface area contributed by atoms with Crippen LogP contribution in [-0.2, 0) is 14.5 Å². The maximum atomic E-state index is 12.9. The van der Waals surface area contributed by atoms with Crippen molar-refractivity contribution in [3.63, 3.8) is 0 Å². The van der Waals surface area contributed by atoms with E-state index in [-0.39, 0.29) is 0 Å². The summed E-state index contributed by atoms with van der Waals surface area (Å²) >= 11 is 0. The monoisotopic (exact) mass is 514 g/mol. The van der Waals surface area contributed by atoms with Gasteiger partial charge in [-0.25, -0.2) is 9.68 Å². The van der Waals surface area contributed by atoms with Gasteiger partial charge in [0.25, 0.3) is 0 Å². The first-order valence-electron chi connectivity index (χ1n) is 6.02. The van der Waals surface area contributed by atoms with E-state index < -0.39 is 59.3 Å². The van der Waals surface area contributed by atoms with Crippen molar-refractivity contribution in [1.29, 1.82) is 0 Å². The first kappa shape index (κ1) is 29.2. The molecular formula is C8F18N2O3. The molecule has 0 aliphatic rings. The molecule has 0 unspecified atom stereocenters. The summed E-state index contributed by atoms with van der Waals surface area (Å²) in [6.07, 6.45) is -44.9. The predicted molar refractivity (Wildman–Crippen MR) is 49.9 cm³/mol. The third-order valence-corrected chi connectivity index (χ3v) is 2.29. The number of ketones is 1. The molecule has 0 aromatic heterocycles. The Kier molecular flexibility index (Phi) is 7.54. The van der Waals surface area contributed by atoms with Crippen molar-refractivity contribution in [3.8, 4) is 0 Å². The molecule has 0 spiro atoms. The van der Waals surface area contributed by atoms with Crippen LogP contribution in [0.5, 0.6) is 0 Å². The third kappa shape index (κ3) is 6.86. The summed E-state index contributed by atoms with van der Waals surface area (Å²) in [5, 5.41) is -8.05. The van der Waals surface area contributed by atoms with Crippen molar-refractivity contribution in [2.75, 3.05) is 0 Å². The molecule has 31 heavy (non-hydrogen) atoms. The largest absolute Gasteiger partial charge is 0.490 e. The molecule has 5 nitrogen and oxygen atoms in total. The minimum absolute atomic E-state index is 1.77. The number of hydroxylamine groups is 4. The number of halogens is 18. The Morgan fingerprint density at radius 1 is 0.484 bits per heavy atom. The summed E-state index contributed by atoms with van der Waals surface area (Å²) in [5.41, 5.74) is 0. The quantitative estimate of drug-likeness (QED) is 0.226.